The van der Waals surface area contributed by atoms with Crippen molar-refractivity contribution in [2.24, 2.45) is 0 Å². The molecule has 2 aromatic carbocycles. The van der Waals surface area contributed by atoms with Crippen LogP contribution in [0.25, 0.3) is 10.9 Å². The van der Waals surface area contributed by atoms with Crippen molar-refractivity contribution in [1.82, 2.24) is 19.6 Å². The van der Waals surface area contributed by atoms with Gasteiger partial charge in [0.15, 0.2) is 0 Å². The Morgan fingerprint density at radius 2 is 1.88 bits per heavy atom. The summed E-state index contributed by atoms with van der Waals surface area (Å²) in [7, 11) is -3.59. The molecular weight excluding hydrogens is 442 g/mol. The maximum absolute atomic E-state index is 13.0. The number of hydrogen-bond donors (Lipinski definition) is 2. The molecule has 9 nitrogen and oxygen atoms in total. The van der Waals surface area contributed by atoms with Crippen molar-refractivity contribution in [3.63, 3.8) is 0 Å². The smallest absolute Gasteiger partial charge is 0.243 e. The lowest BCUT2D eigenvalue weighted by Crippen LogP contribution is -2.40. The van der Waals surface area contributed by atoms with Crippen molar-refractivity contribution in [2.45, 2.75) is 23.8 Å². The molecule has 0 atom stereocenters. The van der Waals surface area contributed by atoms with Gasteiger partial charge in [0.2, 0.25) is 16.0 Å². The summed E-state index contributed by atoms with van der Waals surface area (Å²) in [5.74, 6) is 1.11. The molecule has 2 saturated heterocycles. The van der Waals surface area contributed by atoms with Crippen LogP contribution >= 0.6 is 0 Å². The Balaban J connectivity index is 1.39. The minimum absolute atomic E-state index is 0.158. The summed E-state index contributed by atoms with van der Waals surface area (Å²) >= 11 is 0. The highest BCUT2D eigenvalue weighted by atomic mass is 32.2. The van der Waals surface area contributed by atoms with E-state index in [9.17, 15) is 8.42 Å². The lowest BCUT2D eigenvalue weighted by atomic mass is 10.1. The van der Waals surface area contributed by atoms with E-state index in [4.69, 9.17) is 9.47 Å². The molecule has 0 aliphatic carbocycles. The average Bonchev–Trinajstić information content (AvgIpc) is 2.86. The molecule has 1 aromatic heterocycles. The molecule has 2 aliphatic heterocycles. The normalized spacial score (nSPS) is 18.3. The Morgan fingerprint density at radius 1 is 1.09 bits per heavy atom. The second-order valence-corrected chi connectivity index (χ2v) is 10.1. The molecule has 2 N–H and O–H groups in total. The maximum Gasteiger partial charge on any atom is 0.243 e. The molecule has 10 heteroatoms. The van der Waals surface area contributed by atoms with Crippen LogP contribution in [-0.2, 0) is 14.8 Å². The number of piperidine rings is 1. The molecule has 3 aromatic rings. The predicted octanol–water partition coefficient (Wildman–Crippen LogP) is 2.53. The molecule has 33 heavy (non-hydrogen) atoms. The van der Waals surface area contributed by atoms with Gasteiger partial charge in [-0.1, -0.05) is 18.2 Å². The van der Waals surface area contributed by atoms with E-state index < -0.39 is 10.0 Å². The zero-order chi connectivity index (χ0) is 22.7. The number of rotatable bonds is 6. The van der Waals surface area contributed by atoms with Crippen LogP contribution < -0.4 is 15.4 Å². The quantitative estimate of drug-likeness (QED) is 0.567. The number of para-hydroxylation sites is 1. The standard InChI is InChI=1S/C23H27N5O4S/c29-33(30,28-11-13-31-14-12-28)20-5-2-4-18(15-20)26-23-25-16-17-3-1-6-21(22(17)27-23)32-19-7-9-24-10-8-19/h1-6,15-16,19,24H,7-14H2,(H,25,26,27). The topological polar surface area (TPSA) is 106 Å². The van der Waals surface area contributed by atoms with Gasteiger partial charge in [-0.25, -0.2) is 18.4 Å². The van der Waals surface area contributed by atoms with Gasteiger partial charge in [-0.2, -0.15) is 4.31 Å². The summed E-state index contributed by atoms with van der Waals surface area (Å²) in [6, 6.07) is 12.5. The first-order valence-corrected chi connectivity index (χ1v) is 12.6. The highest BCUT2D eigenvalue weighted by Crippen LogP contribution is 2.28. The Bertz CT molecular complexity index is 1220. The van der Waals surface area contributed by atoms with E-state index >= 15 is 0 Å². The summed E-state index contributed by atoms with van der Waals surface area (Å²) in [6.45, 7) is 3.41. The number of benzene rings is 2. The van der Waals surface area contributed by atoms with Crippen LogP contribution in [-0.4, -0.2) is 68.2 Å². The molecule has 0 amide bonds. The van der Waals surface area contributed by atoms with E-state index in [1.807, 2.05) is 18.2 Å². The summed E-state index contributed by atoms with van der Waals surface area (Å²) in [5, 5.41) is 7.37. The molecule has 0 spiro atoms. The zero-order valence-corrected chi connectivity index (χ0v) is 19.1. The molecule has 5 rings (SSSR count). The van der Waals surface area contributed by atoms with E-state index in [1.165, 1.54) is 4.31 Å². The molecule has 2 aliphatic rings. The Labute approximate surface area is 193 Å². The zero-order valence-electron chi connectivity index (χ0n) is 18.2. The van der Waals surface area contributed by atoms with Gasteiger partial charge in [0, 0.05) is 30.4 Å². The molecule has 0 saturated carbocycles. The number of hydrogen-bond acceptors (Lipinski definition) is 8. The van der Waals surface area contributed by atoms with Crippen LogP contribution in [0.4, 0.5) is 11.6 Å². The average molecular weight is 470 g/mol. The van der Waals surface area contributed by atoms with E-state index in [2.05, 4.69) is 20.6 Å². The fourth-order valence-electron chi connectivity index (χ4n) is 4.08. The maximum atomic E-state index is 13.0. The first-order valence-electron chi connectivity index (χ1n) is 11.2. The fourth-order valence-corrected chi connectivity index (χ4v) is 5.53. The number of morpholine rings is 1. The van der Waals surface area contributed by atoms with Crippen LogP contribution in [0.2, 0.25) is 0 Å². The summed E-state index contributed by atoms with van der Waals surface area (Å²) in [6.07, 6.45) is 3.81. The summed E-state index contributed by atoms with van der Waals surface area (Å²) < 4.78 is 39.0. The monoisotopic (exact) mass is 469 g/mol. The van der Waals surface area contributed by atoms with E-state index in [0.29, 0.717) is 37.9 Å². The van der Waals surface area contributed by atoms with Crippen molar-refractivity contribution in [2.75, 3.05) is 44.7 Å². The first-order chi connectivity index (χ1) is 16.1. The molecule has 0 radical (unpaired) electrons. The fraction of sp³-hybridized carbons (Fsp3) is 0.391. The Kier molecular flexibility index (Phi) is 6.41. The van der Waals surface area contributed by atoms with Crippen LogP contribution in [0, 0.1) is 0 Å². The minimum Gasteiger partial charge on any atom is -0.488 e. The summed E-state index contributed by atoms with van der Waals surface area (Å²) in [5.41, 5.74) is 1.33. The van der Waals surface area contributed by atoms with Crippen molar-refractivity contribution in [1.29, 1.82) is 0 Å². The SMILES string of the molecule is O=S(=O)(c1cccc(Nc2ncc3cccc(OC4CCNCC4)c3n2)c1)N1CCOCC1. The number of sulfonamides is 1. The second-order valence-electron chi connectivity index (χ2n) is 8.12. The first kappa shape index (κ1) is 22.0. The number of nitrogens with one attached hydrogen (secondary N) is 2. The molecule has 2 fully saturated rings. The van der Waals surface area contributed by atoms with Crippen LogP contribution in [0.1, 0.15) is 12.8 Å². The summed E-state index contributed by atoms with van der Waals surface area (Å²) in [4.78, 5) is 9.31. The Morgan fingerprint density at radius 3 is 2.70 bits per heavy atom. The predicted molar refractivity (Wildman–Crippen MR) is 125 cm³/mol. The van der Waals surface area contributed by atoms with Gasteiger partial charge < -0.3 is 20.1 Å². The number of fused-ring (bicyclic) bond motifs is 1. The third kappa shape index (κ3) is 4.93. The van der Waals surface area contributed by atoms with Gasteiger partial charge >= 0.3 is 0 Å². The van der Waals surface area contributed by atoms with Gasteiger partial charge in [0.05, 0.1) is 18.1 Å². The van der Waals surface area contributed by atoms with Crippen LogP contribution in [0.15, 0.2) is 53.6 Å². The third-order valence-corrected chi connectivity index (χ3v) is 7.75. The molecule has 174 valence electrons. The second kappa shape index (κ2) is 9.60. The Hall–Kier alpha value is -2.79. The van der Waals surface area contributed by atoms with Gasteiger partial charge in [-0.05, 0) is 50.2 Å². The highest BCUT2D eigenvalue weighted by molar-refractivity contribution is 7.89. The lowest BCUT2D eigenvalue weighted by molar-refractivity contribution is 0.0730. The van der Waals surface area contributed by atoms with Crippen molar-refractivity contribution in [3.8, 4) is 5.75 Å². The molecule has 0 unspecified atom stereocenters. The third-order valence-electron chi connectivity index (χ3n) is 5.85. The highest BCUT2D eigenvalue weighted by Gasteiger charge is 2.26. The van der Waals surface area contributed by atoms with Crippen molar-refractivity contribution in [3.05, 3.63) is 48.7 Å². The minimum atomic E-state index is -3.59. The molecule has 3 heterocycles. The number of aromatic nitrogens is 2. The largest absolute Gasteiger partial charge is 0.488 e. The van der Waals surface area contributed by atoms with E-state index in [-0.39, 0.29) is 11.0 Å². The number of ether oxygens (including phenoxy) is 2. The molecular formula is C23H27N5O4S. The van der Waals surface area contributed by atoms with Crippen LogP contribution in [0.5, 0.6) is 5.75 Å². The van der Waals surface area contributed by atoms with E-state index in [0.717, 1.165) is 42.6 Å². The van der Waals surface area contributed by atoms with Crippen LogP contribution in [0.3, 0.4) is 0 Å². The van der Waals surface area contributed by atoms with E-state index in [1.54, 1.807) is 30.5 Å². The van der Waals surface area contributed by atoms with Gasteiger partial charge in [-0.3, -0.25) is 0 Å². The molecule has 0 bridgehead atoms. The van der Waals surface area contributed by atoms with Crippen molar-refractivity contribution >= 4 is 32.6 Å². The van der Waals surface area contributed by atoms with Crippen molar-refractivity contribution < 1.29 is 17.9 Å². The van der Waals surface area contributed by atoms with Gasteiger partial charge in [0.25, 0.3) is 0 Å². The lowest BCUT2D eigenvalue weighted by Gasteiger charge is -2.26. The number of anilines is 2. The van der Waals surface area contributed by atoms with Gasteiger partial charge in [0.1, 0.15) is 17.4 Å². The number of nitrogens with zero attached hydrogens (tertiary/aromatic N) is 3. The van der Waals surface area contributed by atoms with Gasteiger partial charge in [-0.15, -0.1) is 0 Å².